The van der Waals surface area contributed by atoms with Crippen molar-refractivity contribution in [1.29, 1.82) is 0 Å². The normalized spacial score (nSPS) is 10.4. The van der Waals surface area contributed by atoms with Gasteiger partial charge in [0.05, 0.1) is 49.1 Å². The molecule has 0 aliphatic heterocycles. The summed E-state index contributed by atoms with van der Waals surface area (Å²) in [6.07, 6.45) is 2.24. The lowest BCUT2D eigenvalue weighted by atomic mass is 9.94. The highest BCUT2D eigenvalue weighted by molar-refractivity contribution is 9.10. The quantitative estimate of drug-likeness (QED) is 0.636. The molecule has 1 heterocycles. The monoisotopic (exact) mass is 429 g/mol. The number of hydrogen-bond acceptors (Lipinski definition) is 6. The Kier molecular flexibility index (Phi) is 6.13. The van der Waals surface area contributed by atoms with Gasteiger partial charge in [-0.2, -0.15) is 0 Å². The van der Waals surface area contributed by atoms with Crippen LogP contribution < -0.4 is 18.9 Å². The third kappa shape index (κ3) is 3.14. The van der Waals surface area contributed by atoms with Gasteiger partial charge in [0.15, 0.2) is 17.8 Å². The Morgan fingerprint density at radius 3 is 2.08 bits per heavy atom. The summed E-state index contributed by atoms with van der Waals surface area (Å²) < 4.78 is 22.3. The SMILES string of the molecule is COc1ncc(Br)c(Cl)c1-c1c(C)c(C=O)c(OC)c(OC)c1OC. The fourth-order valence-corrected chi connectivity index (χ4v) is 3.19. The zero-order chi connectivity index (χ0) is 18.7. The van der Waals surface area contributed by atoms with Crippen molar-refractivity contribution in [1.82, 2.24) is 4.98 Å². The molecule has 0 aliphatic rings. The van der Waals surface area contributed by atoms with E-state index in [1.807, 2.05) is 0 Å². The van der Waals surface area contributed by atoms with Gasteiger partial charge in [-0.3, -0.25) is 4.79 Å². The minimum Gasteiger partial charge on any atom is -0.492 e. The van der Waals surface area contributed by atoms with E-state index in [-0.39, 0.29) is 11.5 Å². The zero-order valence-corrected chi connectivity index (χ0v) is 16.7. The summed E-state index contributed by atoms with van der Waals surface area (Å²) in [5.74, 6) is 1.22. The molecule has 0 N–H and O–H groups in total. The first-order valence-corrected chi connectivity index (χ1v) is 8.29. The molecule has 0 saturated carbocycles. The van der Waals surface area contributed by atoms with Gasteiger partial charge in [0.2, 0.25) is 11.6 Å². The number of hydrogen-bond donors (Lipinski definition) is 0. The second-order valence-electron chi connectivity index (χ2n) is 4.94. The summed E-state index contributed by atoms with van der Waals surface area (Å²) in [5, 5.41) is 0.373. The Labute approximate surface area is 159 Å². The van der Waals surface area contributed by atoms with Crippen molar-refractivity contribution < 1.29 is 23.7 Å². The van der Waals surface area contributed by atoms with Crippen molar-refractivity contribution >= 4 is 33.8 Å². The van der Waals surface area contributed by atoms with E-state index in [4.69, 9.17) is 30.5 Å². The molecule has 0 aliphatic carbocycles. The van der Waals surface area contributed by atoms with Crippen molar-refractivity contribution in [3.63, 3.8) is 0 Å². The third-order valence-electron chi connectivity index (χ3n) is 3.77. The number of aldehydes is 1. The number of pyridine rings is 1. The van der Waals surface area contributed by atoms with Crippen LogP contribution in [0.2, 0.25) is 5.02 Å². The molecular weight excluding hydrogens is 414 g/mol. The number of carbonyl (C=O) groups excluding carboxylic acids is 1. The van der Waals surface area contributed by atoms with Crippen LogP contribution in [0.4, 0.5) is 0 Å². The maximum absolute atomic E-state index is 11.7. The van der Waals surface area contributed by atoms with Gasteiger partial charge in [0.1, 0.15) is 0 Å². The van der Waals surface area contributed by atoms with Gasteiger partial charge in [0.25, 0.3) is 0 Å². The summed E-state index contributed by atoms with van der Waals surface area (Å²) in [4.78, 5) is 15.9. The van der Waals surface area contributed by atoms with Crippen LogP contribution in [0.5, 0.6) is 23.1 Å². The molecule has 2 rings (SSSR count). The van der Waals surface area contributed by atoms with Crippen LogP contribution in [0.3, 0.4) is 0 Å². The van der Waals surface area contributed by atoms with E-state index >= 15 is 0 Å². The second kappa shape index (κ2) is 7.93. The molecule has 0 radical (unpaired) electrons. The van der Waals surface area contributed by atoms with E-state index in [0.29, 0.717) is 49.7 Å². The molecule has 6 nitrogen and oxygen atoms in total. The summed E-state index contributed by atoms with van der Waals surface area (Å²) >= 11 is 9.86. The molecule has 1 aromatic carbocycles. The summed E-state index contributed by atoms with van der Waals surface area (Å²) in [5.41, 5.74) is 1.95. The molecule has 0 saturated heterocycles. The Bertz CT molecular complexity index is 826. The topological polar surface area (TPSA) is 66.9 Å². The molecule has 0 atom stereocenters. The predicted molar refractivity (Wildman–Crippen MR) is 98.7 cm³/mol. The number of halogens is 2. The second-order valence-corrected chi connectivity index (χ2v) is 6.17. The van der Waals surface area contributed by atoms with Gasteiger partial charge < -0.3 is 18.9 Å². The summed E-state index contributed by atoms with van der Waals surface area (Å²) in [6, 6.07) is 0. The molecule has 0 spiro atoms. The number of benzene rings is 1. The lowest BCUT2D eigenvalue weighted by molar-refractivity contribution is 0.111. The van der Waals surface area contributed by atoms with Gasteiger partial charge in [-0.25, -0.2) is 4.98 Å². The average molecular weight is 431 g/mol. The van der Waals surface area contributed by atoms with Gasteiger partial charge in [-0.05, 0) is 28.4 Å². The number of aromatic nitrogens is 1. The lowest BCUT2D eigenvalue weighted by Gasteiger charge is -2.22. The molecule has 0 fully saturated rings. The number of methoxy groups -OCH3 is 4. The fourth-order valence-electron chi connectivity index (χ4n) is 2.66. The van der Waals surface area contributed by atoms with E-state index in [1.165, 1.54) is 34.6 Å². The van der Waals surface area contributed by atoms with Crippen molar-refractivity contribution in [2.75, 3.05) is 28.4 Å². The van der Waals surface area contributed by atoms with Gasteiger partial charge in [-0.15, -0.1) is 0 Å². The maximum atomic E-state index is 11.7. The van der Waals surface area contributed by atoms with Crippen LogP contribution >= 0.6 is 27.5 Å². The van der Waals surface area contributed by atoms with E-state index in [1.54, 1.807) is 6.92 Å². The predicted octanol–water partition coefficient (Wildman–Crippen LogP) is 4.32. The Morgan fingerprint density at radius 2 is 1.60 bits per heavy atom. The molecular formula is C17H17BrClNO5. The number of nitrogens with zero attached hydrogens (tertiary/aromatic N) is 1. The highest BCUT2D eigenvalue weighted by atomic mass is 79.9. The van der Waals surface area contributed by atoms with Crippen molar-refractivity contribution in [3.05, 3.63) is 26.8 Å². The van der Waals surface area contributed by atoms with Gasteiger partial charge in [-0.1, -0.05) is 11.6 Å². The van der Waals surface area contributed by atoms with Gasteiger partial charge in [0, 0.05) is 11.8 Å². The van der Waals surface area contributed by atoms with Crippen LogP contribution in [0.15, 0.2) is 10.7 Å². The largest absolute Gasteiger partial charge is 0.492 e. The minimum absolute atomic E-state index is 0.283. The maximum Gasteiger partial charge on any atom is 0.222 e. The number of rotatable bonds is 6. The molecule has 1 aromatic heterocycles. The molecule has 134 valence electrons. The molecule has 0 amide bonds. The smallest absolute Gasteiger partial charge is 0.222 e. The Hall–Kier alpha value is -1.99. The molecule has 0 unspecified atom stereocenters. The third-order valence-corrected chi connectivity index (χ3v) is 5.00. The van der Waals surface area contributed by atoms with Crippen molar-refractivity contribution in [3.8, 4) is 34.3 Å². The minimum atomic E-state index is 0.283. The highest BCUT2D eigenvalue weighted by Gasteiger charge is 2.29. The first-order chi connectivity index (χ1) is 12.0. The summed E-state index contributed by atoms with van der Waals surface area (Å²) in [6.45, 7) is 1.76. The van der Waals surface area contributed by atoms with E-state index in [2.05, 4.69) is 20.9 Å². The van der Waals surface area contributed by atoms with Crippen molar-refractivity contribution in [2.24, 2.45) is 0 Å². The molecule has 25 heavy (non-hydrogen) atoms. The van der Waals surface area contributed by atoms with Crippen LogP contribution in [0.1, 0.15) is 15.9 Å². The first kappa shape index (κ1) is 19.3. The van der Waals surface area contributed by atoms with Crippen LogP contribution in [0.25, 0.3) is 11.1 Å². The lowest BCUT2D eigenvalue weighted by Crippen LogP contribution is -2.05. The zero-order valence-electron chi connectivity index (χ0n) is 14.4. The van der Waals surface area contributed by atoms with Crippen LogP contribution in [0, 0.1) is 6.92 Å². The van der Waals surface area contributed by atoms with Gasteiger partial charge >= 0.3 is 0 Å². The Balaban J connectivity index is 3.06. The van der Waals surface area contributed by atoms with Crippen molar-refractivity contribution in [2.45, 2.75) is 6.92 Å². The van der Waals surface area contributed by atoms with E-state index in [9.17, 15) is 4.79 Å². The number of carbonyl (C=O) groups is 1. The Morgan fingerprint density at radius 1 is 1.00 bits per heavy atom. The van der Waals surface area contributed by atoms with E-state index < -0.39 is 0 Å². The molecule has 8 heteroatoms. The number of ether oxygens (including phenoxy) is 4. The first-order valence-electron chi connectivity index (χ1n) is 7.12. The average Bonchev–Trinajstić information content (AvgIpc) is 2.62. The summed E-state index contributed by atoms with van der Waals surface area (Å²) in [7, 11) is 5.90. The molecule has 2 aromatic rings. The van der Waals surface area contributed by atoms with E-state index in [0.717, 1.165) is 0 Å². The fraction of sp³-hybridized carbons (Fsp3) is 0.294. The standard InChI is InChI=1S/C17H17BrClNO5/c1-8-9(7-21)14(22-2)16(24-4)15(23-3)11(8)12-13(19)10(18)6-20-17(12)25-5/h6-7H,1-5H3. The van der Waals surface area contributed by atoms with Crippen LogP contribution in [-0.4, -0.2) is 39.7 Å². The highest BCUT2D eigenvalue weighted by Crippen LogP contribution is 2.52. The van der Waals surface area contributed by atoms with Crippen LogP contribution in [-0.2, 0) is 0 Å². The molecule has 0 bridgehead atoms.